The number of anilines is 1. The number of benzene rings is 1. The summed E-state index contributed by atoms with van der Waals surface area (Å²) in [6.45, 7) is 3.79. The van der Waals surface area contributed by atoms with Gasteiger partial charge in [0.1, 0.15) is 5.69 Å². The summed E-state index contributed by atoms with van der Waals surface area (Å²) < 4.78 is 0. The molecule has 0 spiro atoms. The zero-order valence-electron chi connectivity index (χ0n) is 11.9. The second kappa shape index (κ2) is 6.39. The lowest BCUT2D eigenvalue weighted by atomic mass is 10.1. The smallest absolute Gasteiger partial charge is 0.328 e. The van der Waals surface area contributed by atoms with Crippen molar-refractivity contribution in [3.63, 3.8) is 0 Å². The number of hydrogen-bond donors (Lipinski definition) is 1. The molecule has 0 amide bonds. The molecule has 1 saturated heterocycles. The van der Waals surface area contributed by atoms with E-state index in [1.165, 1.54) is 12.1 Å². The first-order chi connectivity index (χ1) is 10.0. The Kier molecular flexibility index (Phi) is 4.57. The van der Waals surface area contributed by atoms with Crippen LogP contribution in [-0.2, 0) is 4.79 Å². The van der Waals surface area contributed by atoms with E-state index in [2.05, 4.69) is 6.92 Å². The number of carboxylic acid groups (broad SMARTS) is 1. The lowest BCUT2D eigenvalue weighted by molar-refractivity contribution is -0.384. The number of carboxylic acids is 1. The molecule has 1 aliphatic heterocycles. The first kappa shape index (κ1) is 15.0. The number of carbonyl (C=O) groups is 1. The van der Waals surface area contributed by atoms with Crippen molar-refractivity contribution in [2.45, 2.75) is 19.8 Å². The van der Waals surface area contributed by atoms with Gasteiger partial charge in [-0.2, -0.15) is 0 Å². The largest absolute Gasteiger partial charge is 0.478 e. The van der Waals surface area contributed by atoms with Crippen LogP contribution in [-0.4, -0.2) is 29.1 Å². The van der Waals surface area contributed by atoms with Gasteiger partial charge in [-0.25, -0.2) is 4.79 Å². The number of nitro groups is 1. The number of rotatable bonds is 5. The van der Waals surface area contributed by atoms with Crippen molar-refractivity contribution in [1.82, 2.24) is 0 Å². The fourth-order valence-corrected chi connectivity index (χ4v) is 2.61. The Morgan fingerprint density at radius 2 is 2.33 bits per heavy atom. The predicted octanol–water partition coefficient (Wildman–Crippen LogP) is 2.93. The molecule has 1 atom stereocenters. The van der Waals surface area contributed by atoms with Crippen molar-refractivity contribution in [2.24, 2.45) is 5.92 Å². The van der Waals surface area contributed by atoms with Gasteiger partial charge in [0.05, 0.1) is 4.92 Å². The fourth-order valence-electron chi connectivity index (χ4n) is 2.61. The minimum absolute atomic E-state index is 0.0271. The first-order valence-electron chi connectivity index (χ1n) is 6.95. The van der Waals surface area contributed by atoms with Crippen LogP contribution < -0.4 is 4.90 Å². The Labute approximate surface area is 122 Å². The van der Waals surface area contributed by atoms with Gasteiger partial charge in [0.15, 0.2) is 0 Å². The minimum Gasteiger partial charge on any atom is -0.478 e. The van der Waals surface area contributed by atoms with Gasteiger partial charge in [-0.15, -0.1) is 0 Å². The summed E-state index contributed by atoms with van der Waals surface area (Å²) in [5, 5.41) is 19.9. The molecule has 1 aromatic rings. The highest BCUT2D eigenvalue weighted by Gasteiger charge is 2.26. The van der Waals surface area contributed by atoms with Crippen LogP contribution in [0.2, 0.25) is 0 Å². The monoisotopic (exact) mass is 290 g/mol. The second-order valence-corrected chi connectivity index (χ2v) is 5.19. The molecule has 1 aromatic carbocycles. The summed E-state index contributed by atoms with van der Waals surface area (Å²) in [6, 6.07) is 4.84. The lowest BCUT2D eigenvalue weighted by Crippen LogP contribution is -2.20. The van der Waals surface area contributed by atoms with Gasteiger partial charge in [-0.1, -0.05) is 19.4 Å². The normalized spacial score (nSPS) is 18.3. The molecule has 0 aromatic heterocycles. The molecule has 21 heavy (non-hydrogen) atoms. The third-order valence-corrected chi connectivity index (χ3v) is 3.82. The fraction of sp³-hybridized carbons (Fsp3) is 0.400. The SMILES string of the molecule is CCC1CCN(c2ccc(/C=C/C(=O)O)cc2[N+](=O)[O-])C1. The van der Waals surface area contributed by atoms with E-state index in [-0.39, 0.29) is 5.69 Å². The highest BCUT2D eigenvalue weighted by molar-refractivity contribution is 5.85. The van der Waals surface area contributed by atoms with E-state index in [4.69, 9.17) is 5.11 Å². The van der Waals surface area contributed by atoms with Crippen LogP contribution in [0.15, 0.2) is 24.3 Å². The van der Waals surface area contributed by atoms with Gasteiger partial charge in [0.25, 0.3) is 5.69 Å². The van der Waals surface area contributed by atoms with E-state index in [0.717, 1.165) is 32.0 Å². The Balaban J connectivity index is 2.30. The summed E-state index contributed by atoms with van der Waals surface area (Å²) in [4.78, 5) is 23.4. The van der Waals surface area contributed by atoms with Gasteiger partial charge in [0, 0.05) is 25.2 Å². The molecule has 6 nitrogen and oxygen atoms in total. The average Bonchev–Trinajstić information content (AvgIpc) is 2.93. The molecule has 112 valence electrons. The maximum atomic E-state index is 11.3. The number of nitro benzene ring substituents is 1. The van der Waals surface area contributed by atoms with Crippen molar-refractivity contribution in [3.05, 3.63) is 40.0 Å². The highest BCUT2D eigenvalue weighted by Crippen LogP contribution is 2.33. The molecule has 1 aliphatic rings. The Morgan fingerprint density at radius 1 is 1.57 bits per heavy atom. The van der Waals surface area contributed by atoms with E-state index in [1.807, 2.05) is 4.90 Å². The molecule has 0 radical (unpaired) electrons. The van der Waals surface area contributed by atoms with Gasteiger partial charge in [-0.05, 0) is 30.0 Å². The molecule has 1 unspecified atom stereocenters. The summed E-state index contributed by atoms with van der Waals surface area (Å²) in [7, 11) is 0. The molecule has 6 heteroatoms. The van der Waals surface area contributed by atoms with E-state index in [1.54, 1.807) is 12.1 Å². The second-order valence-electron chi connectivity index (χ2n) is 5.19. The quantitative estimate of drug-likeness (QED) is 0.512. The predicted molar refractivity (Wildman–Crippen MR) is 80.4 cm³/mol. The maximum absolute atomic E-state index is 11.3. The van der Waals surface area contributed by atoms with Crippen LogP contribution in [0.3, 0.4) is 0 Å². The van der Waals surface area contributed by atoms with E-state index in [0.29, 0.717) is 17.2 Å². The third kappa shape index (κ3) is 3.59. The summed E-state index contributed by atoms with van der Waals surface area (Å²) >= 11 is 0. The number of nitrogens with zero attached hydrogens (tertiary/aromatic N) is 2. The summed E-state index contributed by atoms with van der Waals surface area (Å²) in [5.41, 5.74) is 1.15. The van der Waals surface area contributed by atoms with E-state index < -0.39 is 10.9 Å². The van der Waals surface area contributed by atoms with Crippen molar-refractivity contribution in [2.75, 3.05) is 18.0 Å². The van der Waals surface area contributed by atoms with Crippen LogP contribution in [0.5, 0.6) is 0 Å². The van der Waals surface area contributed by atoms with E-state index >= 15 is 0 Å². The molecule has 2 rings (SSSR count). The summed E-state index contributed by atoms with van der Waals surface area (Å²) in [5.74, 6) is -0.497. The van der Waals surface area contributed by atoms with Crippen molar-refractivity contribution < 1.29 is 14.8 Å². The van der Waals surface area contributed by atoms with Crippen LogP contribution in [0, 0.1) is 16.0 Å². The third-order valence-electron chi connectivity index (χ3n) is 3.82. The molecular weight excluding hydrogens is 272 g/mol. The van der Waals surface area contributed by atoms with Gasteiger partial charge in [0.2, 0.25) is 0 Å². The van der Waals surface area contributed by atoms with Crippen LogP contribution >= 0.6 is 0 Å². The Bertz CT molecular complexity index is 583. The molecule has 0 bridgehead atoms. The van der Waals surface area contributed by atoms with Crippen LogP contribution in [0.25, 0.3) is 6.08 Å². The number of aliphatic carboxylic acids is 1. The number of hydrogen-bond acceptors (Lipinski definition) is 4. The van der Waals surface area contributed by atoms with Crippen LogP contribution in [0.4, 0.5) is 11.4 Å². The van der Waals surface area contributed by atoms with Gasteiger partial charge < -0.3 is 10.0 Å². The van der Waals surface area contributed by atoms with Gasteiger partial charge >= 0.3 is 5.97 Å². The topological polar surface area (TPSA) is 83.7 Å². The van der Waals surface area contributed by atoms with Crippen molar-refractivity contribution in [3.8, 4) is 0 Å². The van der Waals surface area contributed by atoms with E-state index in [9.17, 15) is 14.9 Å². The minimum atomic E-state index is -1.08. The van der Waals surface area contributed by atoms with Gasteiger partial charge in [-0.3, -0.25) is 10.1 Å². The zero-order chi connectivity index (χ0) is 15.4. The maximum Gasteiger partial charge on any atom is 0.328 e. The molecule has 1 N–H and O–H groups in total. The van der Waals surface area contributed by atoms with Crippen molar-refractivity contribution in [1.29, 1.82) is 0 Å². The Hall–Kier alpha value is -2.37. The zero-order valence-corrected chi connectivity index (χ0v) is 11.9. The van der Waals surface area contributed by atoms with Crippen molar-refractivity contribution >= 4 is 23.4 Å². The molecule has 0 saturated carbocycles. The molecular formula is C15H18N2O4. The van der Waals surface area contributed by atoms with Crippen LogP contribution in [0.1, 0.15) is 25.3 Å². The Morgan fingerprint density at radius 3 is 2.90 bits per heavy atom. The molecule has 1 heterocycles. The lowest BCUT2D eigenvalue weighted by Gasteiger charge is -2.18. The molecule has 1 fully saturated rings. The first-order valence-corrected chi connectivity index (χ1v) is 6.95. The standard InChI is InChI=1S/C15H18N2O4/c1-2-11-7-8-16(10-11)13-5-3-12(4-6-15(18)19)9-14(13)17(20)21/h3-6,9,11H,2,7-8,10H2,1H3,(H,18,19)/b6-4+. The molecule has 0 aliphatic carbocycles. The average molecular weight is 290 g/mol. The highest BCUT2D eigenvalue weighted by atomic mass is 16.6. The summed E-state index contributed by atoms with van der Waals surface area (Å²) in [6.07, 6.45) is 4.46.